The summed E-state index contributed by atoms with van der Waals surface area (Å²) in [6, 6.07) is 86.2. The van der Waals surface area contributed by atoms with Crippen LogP contribution in [0.3, 0.4) is 0 Å². The van der Waals surface area contributed by atoms with E-state index in [0.29, 0.717) is 11.5 Å². The van der Waals surface area contributed by atoms with Crippen molar-refractivity contribution in [1.29, 1.82) is 0 Å². The first-order valence-corrected chi connectivity index (χ1v) is 31.9. The summed E-state index contributed by atoms with van der Waals surface area (Å²) in [4.78, 5) is 4.89. The molecular weight excluding hydrogens is 1140 g/mol. The summed E-state index contributed by atoms with van der Waals surface area (Å²) in [6.07, 6.45) is 5.81. The number of nitrogens with zero attached hydrogens (tertiary/aromatic N) is 4. The van der Waals surface area contributed by atoms with Crippen molar-refractivity contribution in [1.82, 2.24) is 14.1 Å². The predicted molar refractivity (Wildman–Crippen MR) is 316 cm³/mol. The van der Waals surface area contributed by atoms with Gasteiger partial charge in [-0.15, -0.1) is 29.7 Å². The standard InChI is InChI=1S/C68H58N4OSi2.Pt/c1-68(2,3)50-40-41-69-66(44-50)72-62-35-15-14-32-60(62)61-39-38-53(46-65(61)72)73-52-25-20-24-51(45-52)70-47-71(64-37-17-16-36-63(64)70)67-58(48-22-18-30-56(42-48)74(4,5)54-26-10-8-11-27-54)33-21-34-59(67)49-23-19-31-57(43-49)75(6,7)55-28-12-9-13-29-55;/h8-44H,1-7H3;/q-2;. The SMILES string of the molecule is CC(C)(C)c1ccnc(-n2c3[c-]c(Oc4[c-]c(-n5[c-][n+](-c6c(-c7cccc([Si](C)(C)c8ccccc8)c7)cccc6-c6cccc([Si](C)(C)c7ccccc7)c6)c6ccccc65)ccc4)ccc3c3ccccc32)c1.[Pt]. The monoisotopic (exact) mass is 1200 g/mol. The zero-order valence-corrected chi connectivity index (χ0v) is 48.1. The van der Waals surface area contributed by atoms with Crippen LogP contribution in [-0.2, 0) is 26.5 Å². The van der Waals surface area contributed by atoms with E-state index >= 15 is 0 Å². The zero-order valence-electron chi connectivity index (χ0n) is 43.9. The van der Waals surface area contributed by atoms with Crippen molar-refractivity contribution in [3.05, 3.63) is 249 Å². The third-order valence-corrected chi connectivity index (χ3v) is 22.3. The van der Waals surface area contributed by atoms with Crippen molar-refractivity contribution in [2.45, 2.75) is 52.4 Å². The number of pyridine rings is 1. The van der Waals surface area contributed by atoms with Crippen LogP contribution in [0.4, 0.5) is 0 Å². The number of hydrogen-bond acceptors (Lipinski definition) is 2. The van der Waals surface area contributed by atoms with Crippen molar-refractivity contribution >= 4 is 69.7 Å². The van der Waals surface area contributed by atoms with Gasteiger partial charge in [-0.2, -0.15) is 18.2 Å². The summed E-state index contributed by atoms with van der Waals surface area (Å²) in [6.45, 7) is 16.5. The van der Waals surface area contributed by atoms with E-state index in [1.807, 2.05) is 24.4 Å². The fourth-order valence-corrected chi connectivity index (χ4v) is 15.5. The third kappa shape index (κ3) is 9.21. The Balaban J connectivity index is 0.00000616. The summed E-state index contributed by atoms with van der Waals surface area (Å²) < 4.78 is 13.3. The number of hydrogen-bond donors (Lipinski definition) is 0. The van der Waals surface area contributed by atoms with Crippen LogP contribution in [0.25, 0.3) is 72.3 Å². The van der Waals surface area contributed by atoms with Crippen molar-refractivity contribution in [3.8, 4) is 50.9 Å². The fraction of sp³-hybridized carbons (Fsp3) is 0.118. The van der Waals surface area contributed by atoms with E-state index in [9.17, 15) is 0 Å². The molecule has 3 heterocycles. The van der Waals surface area contributed by atoms with Crippen LogP contribution >= 0.6 is 0 Å². The third-order valence-electron chi connectivity index (χ3n) is 15.2. The number of aromatic nitrogens is 4. The van der Waals surface area contributed by atoms with Gasteiger partial charge in [-0.05, 0) is 62.5 Å². The van der Waals surface area contributed by atoms with Crippen LogP contribution in [-0.4, -0.2) is 30.3 Å². The molecule has 0 amide bonds. The molecule has 0 saturated carbocycles. The van der Waals surface area contributed by atoms with E-state index in [1.54, 1.807) is 0 Å². The van der Waals surface area contributed by atoms with Gasteiger partial charge in [0.15, 0.2) is 0 Å². The Morgan fingerprint density at radius 3 is 1.70 bits per heavy atom. The summed E-state index contributed by atoms with van der Waals surface area (Å²) >= 11 is 0. The molecule has 0 aliphatic carbocycles. The number of benzene rings is 9. The Morgan fingerprint density at radius 2 is 1.05 bits per heavy atom. The number of ether oxygens (including phenoxy) is 1. The topological polar surface area (TPSA) is 35.9 Å². The minimum atomic E-state index is -2.06. The predicted octanol–water partition coefficient (Wildman–Crippen LogP) is 13.9. The Kier molecular flexibility index (Phi) is 13.4. The molecule has 3 aromatic heterocycles. The van der Waals surface area contributed by atoms with Gasteiger partial charge >= 0.3 is 0 Å². The van der Waals surface area contributed by atoms with Gasteiger partial charge in [-0.1, -0.05) is 243 Å². The summed E-state index contributed by atoms with van der Waals surface area (Å²) in [5.74, 6) is 2.00. The summed E-state index contributed by atoms with van der Waals surface area (Å²) in [5, 5.41) is 7.80. The van der Waals surface area contributed by atoms with Gasteiger partial charge in [0.25, 0.3) is 6.33 Å². The molecule has 12 aromatic rings. The number of imidazole rings is 1. The van der Waals surface area contributed by atoms with Crippen LogP contribution in [0.2, 0.25) is 26.2 Å². The van der Waals surface area contributed by atoms with Crippen molar-refractivity contribution in [2.24, 2.45) is 0 Å². The van der Waals surface area contributed by atoms with Crippen LogP contribution in [0.5, 0.6) is 11.5 Å². The van der Waals surface area contributed by atoms with Crippen molar-refractivity contribution in [3.63, 3.8) is 0 Å². The molecule has 8 heteroatoms. The van der Waals surface area contributed by atoms with Gasteiger partial charge in [0.05, 0.1) is 16.7 Å². The number of rotatable bonds is 11. The van der Waals surface area contributed by atoms with Crippen LogP contribution in [0, 0.1) is 18.5 Å². The molecule has 0 saturated heterocycles. The van der Waals surface area contributed by atoms with Gasteiger partial charge in [0.2, 0.25) is 0 Å². The Hall–Kier alpha value is -7.68. The Bertz CT molecular complexity index is 3990. The Morgan fingerprint density at radius 1 is 0.500 bits per heavy atom. The molecule has 76 heavy (non-hydrogen) atoms. The Labute approximate surface area is 463 Å². The molecular formula is C68H58N4OPtSi2-2. The van der Waals surface area contributed by atoms with Gasteiger partial charge in [0, 0.05) is 44.3 Å². The van der Waals surface area contributed by atoms with Crippen LogP contribution in [0.15, 0.2) is 225 Å². The van der Waals surface area contributed by atoms with Gasteiger partial charge in [0.1, 0.15) is 22.0 Å². The number of fused-ring (bicyclic) bond motifs is 4. The first kappa shape index (κ1) is 50.5. The molecule has 0 unspecified atom stereocenters. The molecule has 0 N–H and O–H groups in total. The average Bonchev–Trinajstić information content (AvgIpc) is 4.00. The smallest absolute Gasteiger partial charge is 0.268 e. The van der Waals surface area contributed by atoms with Crippen molar-refractivity contribution in [2.75, 3.05) is 0 Å². The minimum Gasteiger partial charge on any atom is -0.510 e. The van der Waals surface area contributed by atoms with E-state index in [4.69, 9.17) is 9.72 Å². The van der Waals surface area contributed by atoms with Gasteiger partial charge < -0.3 is 13.9 Å². The normalized spacial score (nSPS) is 12.0. The van der Waals surface area contributed by atoms with E-state index in [2.05, 4.69) is 279 Å². The van der Waals surface area contributed by atoms with Crippen LogP contribution in [0.1, 0.15) is 26.3 Å². The molecule has 9 aromatic carbocycles. The molecule has 5 nitrogen and oxygen atoms in total. The fourth-order valence-electron chi connectivity index (χ4n) is 10.8. The quantitative estimate of drug-likeness (QED) is 0.0735. The van der Waals surface area contributed by atoms with Gasteiger partial charge in [-0.3, -0.25) is 4.57 Å². The molecule has 0 fully saturated rings. The second-order valence-electron chi connectivity index (χ2n) is 21.7. The van der Waals surface area contributed by atoms with Crippen molar-refractivity contribution < 1.29 is 30.4 Å². The molecule has 0 bridgehead atoms. The van der Waals surface area contributed by atoms with E-state index < -0.39 is 16.1 Å². The summed E-state index contributed by atoms with van der Waals surface area (Å²) in [7, 11) is -4.11. The molecule has 0 aliphatic heterocycles. The number of para-hydroxylation sites is 4. The molecule has 376 valence electrons. The first-order valence-electron chi connectivity index (χ1n) is 25.9. The zero-order chi connectivity index (χ0) is 51.5. The minimum absolute atomic E-state index is 0. The van der Waals surface area contributed by atoms with Crippen LogP contribution < -0.4 is 30.1 Å². The molecule has 0 atom stereocenters. The second-order valence-corrected chi connectivity index (χ2v) is 30.5. The maximum atomic E-state index is 6.74. The van der Waals surface area contributed by atoms with E-state index in [-0.39, 0.29) is 26.5 Å². The second kappa shape index (κ2) is 20.1. The van der Waals surface area contributed by atoms with E-state index in [0.717, 1.165) is 61.2 Å². The summed E-state index contributed by atoms with van der Waals surface area (Å²) in [5.41, 5.74) is 11.6. The van der Waals surface area contributed by atoms with E-state index in [1.165, 1.54) is 37.4 Å². The largest absolute Gasteiger partial charge is 0.510 e. The first-order chi connectivity index (χ1) is 36.3. The molecule has 0 aliphatic rings. The van der Waals surface area contributed by atoms with Gasteiger partial charge in [-0.25, -0.2) is 4.98 Å². The maximum Gasteiger partial charge on any atom is 0.268 e. The molecule has 12 rings (SSSR count). The average molecular weight is 1200 g/mol. The maximum absolute atomic E-state index is 6.74. The molecule has 0 spiro atoms. The molecule has 0 radical (unpaired) electrons.